The smallest absolute Gasteiger partial charge is 0.250 e. The van der Waals surface area contributed by atoms with Crippen molar-refractivity contribution in [3.05, 3.63) is 65.2 Å². The Bertz CT molecular complexity index is 1930. The maximum atomic E-state index is 6.23. The molecule has 0 amide bonds. The third kappa shape index (κ3) is 5.86. The van der Waals surface area contributed by atoms with E-state index < -0.39 is 0 Å². The second-order valence-corrected chi connectivity index (χ2v) is 16.0. The van der Waals surface area contributed by atoms with E-state index in [2.05, 4.69) is 66.4 Å². The van der Waals surface area contributed by atoms with Crippen molar-refractivity contribution in [2.75, 3.05) is 11.1 Å². The number of ether oxygens (including phenoxy) is 1. The summed E-state index contributed by atoms with van der Waals surface area (Å²) in [5.74, 6) is 4.58. The molecule has 1 N–H and O–H groups in total. The van der Waals surface area contributed by atoms with Crippen LogP contribution in [0.5, 0.6) is 0 Å². The summed E-state index contributed by atoms with van der Waals surface area (Å²) in [5, 5.41) is 13.9. The molecule has 1 aliphatic carbocycles. The molecule has 8 nitrogen and oxygen atoms in total. The third-order valence-corrected chi connectivity index (χ3v) is 12.5. The summed E-state index contributed by atoms with van der Waals surface area (Å²) in [6.45, 7) is 10.9. The number of hydrogen-bond acceptors (Lipinski definition) is 10. The summed E-state index contributed by atoms with van der Waals surface area (Å²) in [4.78, 5) is 17.4. The predicted molar refractivity (Wildman–Crippen MR) is 189 cm³/mol. The topological polar surface area (TPSA) is 98.9 Å². The third-order valence-electron chi connectivity index (χ3n) is 10.1. The first-order valence-electron chi connectivity index (χ1n) is 17.1. The average molecular weight is 667 g/mol. The molecular weight excluding hydrogens is 625 g/mol. The molecule has 0 saturated carbocycles. The number of nitrogens with zero attached hydrogens (tertiary/aromatic N) is 5. The highest BCUT2D eigenvalue weighted by molar-refractivity contribution is 7.99. The second kappa shape index (κ2) is 12.6. The van der Waals surface area contributed by atoms with Gasteiger partial charge in [0.05, 0.1) is 39.9 Å². The van der Waals surface area contributed by atoms with Crippen LogP contribution < -0.4 is 5.32 Å². The molecule has 5 aromatic rings. The van der Waals surface area contributed by atoms with Crippen LogP contribution in [0.15, 0.2) is 46.0 Å². The van der Waals surface area contributed by atoms with Gasteiger partial charge in [-0.15, -0.1) is 33.3 Å². The van der Waals surface area contributed by atoms with Gasteiger partial charge in [-0.05, 0) is 93.4 Å². The van der Waals surface area contributed by atoms with Gasteiger partial charge in [-0.1, -0.05) is 19.9 Å². The Balaban J connectivity index is 1.25. The van der Waals surface area contributed by atoms with Crippen molar-refractivity contribution in [3.8, 4) is 21.9 Å². The van der Waals surface area contributed by atoms with Crippen molar-refractivity contribution in [2.45, 2.75) is 102 Å². The maximum Gasteiger partial charge on any atom is 0.250 e. The Morgan fingerprint density at radius 3 is 2.68 bits per heavy atom. The van der Waals surface area contributed by atoms with Gasteiger partial charge in [-0.3, -0.25) is 9.97 Å². The fourth-order valence-corrected chi connectivity index (χ4v) is 10.7. The van der Waals surface area contributed by atoms with Crippen LogP contribution in [-0.4, -0.2) is 43.1 Å². The normalized spacial score (nSPS) is 23.8. The van der Waals surface area contributed by atoms with E-state index in [0.717, 1.165) is 66.1 Å². The number of pyridine rings is 3. The van der Waals surface area contributed by atoms with Gasteiger partial charge in [0.15, 0.2) is 0 Å². The lowest BCUT2D eigenvalue weighted by atomic mass is 9.86. The Labute approximate surface area is 284 Å². The van der Waals surface area contributed by atoms with Crippen LogP contribution in [0.1, 0.15) is 93.9 Å². The minimum Gasteiger partial charge on any atom is -0.421 e. The van der Waals surface area contributed by atoms with Crippen molar-refractivity contribution in [2.24, 2.45) is 11.8 Å². The molecule has 47 heavy (non-hydrogen) atoms. The summed E-state index contributed by atoms with van der Waals surface area (Å²) in [7, 11) is 0. The van der Waals surface area contributed by atoms with Crippen molar-refractivity contribution in [1.82, 2.24) is 25.1 Å². The van der Waals surface area contributed by atoms with E-state index in [1.54, 1.807) is 11.3 Å². The van der Waals surface area contributed by atoms with E-state index in [1.807, 2.05) is 37.1 Å². The van der Waals surface area contributed by atoms with Crippen molar-refractivity contribution < 1.29 is 9.15 Å². The summed E-state index contributed by atoms with van der Waals surface area (Å²) < 4.78 is 13.5. The minimum atomic E-state index is 0.203. The largest absolute Gasteiger partial charge is 0.421 e. The number of thiophene rings is 1. The molecule has 4 unspecified atom stereocenters. The molecular formula is C37H42N6O2S2. The minimum absolute atomic E-state index is 0.203. The molecule has 10 heteroatoms. The fourth-order valence-electron chi connectivity index (χ4n) is 7.88. The van der Waals surface area contributed by atoms with Gasteiger partial charge in [0.2, 0.25) is 11.8 Å². The molecule has 1 saturated heterocycles. The lowest BCUT2D eigenvalue weighted by Crippen LogP contribution is -2.29. The number of rotatable bonds is 8. The van der Waals surface area contributed by atoms with Crippen LogP contribution >= 0.6 is 23.1 Å². The van der Waals surface area contributed by atoms with Crippen LogP contribution in [-0.2, 0) is 17.6 Å². The zero-order chi connectivity index (χ0) is 32.2. The number of nitrogens with one attached hydrogen (secondary N) is 1. The lowest BCUT2D eigenvalue weighted by Gasteiger charge is -2.32. The number of fused-ring (bicyclic) bond motifs is 3. The number of aromatic nitrogens is 5. The van der Waals surface area contributed by atoms with E-state index in [4.69, 9.17) is 19.1 Å². The van der Waals surface area contributed by atoms with Gasteiger partial charge in [0.25, 0.3) is 0 Å². The molecule has 0 spiro atoms. The standard InChI is InChI=1S/C37H42N6O2S2/c1-19(2)26-18-46-35-32(30-17-24-12-14-39-36(34(24)47-30)41-28-11-10-27-25(28)7-6-13-38-27)31(37-43-42-22(5)45-37)29(40-33(26)35)9-8-23-15-20(3)44-21(4)16-23/h6-7,12-14,17,19-21,23,26,28H,8-11,15-16,18H2,1-5H3,(H,39,41). The molecule has 3 aliphatic rings. The van der Waals surface area contributed by atoms with Gasteiger partial charge in [0.1, 0.15) is 5.82 Å². The predicted octanol–water partition coefficient (Wildman–Crippen LogP) is 9.19. The molecule has 0 aromatic carbocycles. The molecule has 2 aliphatic heterocycles. The van der Waals surface area contributed by atoms with Crippen molar-refractivity contribution >= 4 is 39.0 Å². The summed E-state index contributed by atoms with van der Waals surface area (Å²) in [6, 6.07) is 8.88. The zero-order valence-corrected chi connectivity index (χ0v) is 29.4. The molecule has 0 bridgehead atoms. The highest BCUT2D eigenvalue weighted by Gasteiger charge is 2.36. The Morgan fingerprint density at radius 1 is 1.04 bits per heavy atom. The highest BCUT2D eigenvalue weighted by Crippen LogP contribution is 2.53. The van der Waals surface area contributed by atoms with Crippen LogP contribution in [0.2, 0.25) is 0 Å². The van der Waals surface area contributed by atoms with E-state index in [9.17, 15) is 0 Å². The Kier molecular flexibility index (Phi) is 8.30. The molecule has 0 radical (unpaired) electrons. The van der Waals surface area contributed by atoms with Crippen LogP contribution in [0.4, 0.5) is 5.82 Å². The first-order valence-corrected chi connectivity index (χ1v) is 18.9. The van der Waals surface area contributed by atoms with Crippen LogP contribution in [0, 0.1) is 18.8 Å². The second-order valence-electron chi connectivity index (χ2n) is 13.9. The van der Waals surface area contributed by atoms with Crippen LogP contribution in [0.25, 0.3) is 32.0 Å². The average Bonchev–Trinajstić information content (AvgIpc) is 3.85. The quantitative estimate of drug-likeness (QED) is 0.174. The summed E-state index contributed by atoms with van der Waals surface area (Å²) in [5.41, 5.74) is 6.96. The van der Waals surface area contributed by atoms with Gasteiger partial charge in [-0.2, -0.15) is 0 Å². The fraction of sp³-hybridized carbons (Fsp3) is 0.486. The number of hydrogen-bond donors (Lipinski definition) is 1. The van der Waals surface area contributed by atoms with Gasteiger partial charge in [0, 0.05) is 52.0 Å². The zero-order valence-electron chi connectivity index (χ0n) is 27.7. The Hall–Kier alpha value is -3.34. The number of aryl methyl sites for hydroxylation is 3. The SMILES string of the molecule is Cc1nnc(-c2c(CCC3CC(C)OC(C)C3)nc3c(c2-c2cc4ccnc(NC5CCc6ncccc65)c4s2)SCC3C(C)C)o1. The van der Waals surface area contributed by atoms with Gasteiger partial charge >= 0.3 is 0 Å². The lowest BCUT2D eigenvalue weighted by molar-refractivity contribution is -0.0533. The first kappa shape index (κ1) is 31.0. The Morgan fingerprint density at radius 2 is 1.89 bits per heavy atom. The number of anilines is 1. The van der Waals surface area contributed by atoms with Gasteiger partial charge < -0.3 is 14.5 Å². The molecule has 244 valence electrons. The number of thioether (sulfide) groups is 1. The van der Waals surface area contributed by atoms with E-state index in [1.165, 1.54) is 37.7 Å². The van der Waals surface area contributed by atoms with Crippen LogP contribution in [0.3, 0.4) is 0 Å². The van der Waals surface area contributed by atoms with Gasteiger partial charge in [-0.25, -0.2) is 4.98 Å². The summed E-state index contributed by atoms with van der Waals surface area (Å²) in [6.07, 6.45) is 10.5. The van der Waals surface area contributed by atoms with Crippen molar-refractivity contribution in [3.63, 3.8) is 0 Å². The highest BCUT2D eigenvalue weighted by atomic mass is 32.2. The summed E-state index contributed by atoms with van der Waals surface area (Å²) >= 11 is 3.73. The maximum absolute atomic E-state index is 6.23. The van der Waals surface area contributed by atoms with E-state index >= 15 is 0 Å². The molecule has 8 rings (SSSR count). The van der Waals surface area contributed by atoms with E-state index in [0.29, 0.717) is 29.5 Å². The molecule has 5 aromatic heterocycles. The molecule has 4 atom stereocenters. The molecule has 7 heterocycles. The van der Waals surface area contributed by atoms with E-state index in [-0.39, 0.29) is 18.2 Å². The molecule has 1 fully saturated rings. The van der Waals surface area contributed by atoms with Crippen molar-refractivity contribution in [1.29, 1.82) is 0 Å². The monoisotopic (exact) mass is 666 g/mol. The first-order chi connectivity index (χ1) is 22.8.